The Morgan fingerprint density at radius 3 is 2.44 bits per heavy atom. The van der Waals surface area contributed by atoms with Crippen molar-refractivity contribution in [3.8, 4) is 0 Å². The molecular weight excluding hydrogens is 225 g/mol. The van der Waals surface area contributed by atoms with Crippen molar-refractivity contribution in [1.29, 1.82) is 0 Å². The largest absolute Gasteiger partial charge is 0.495 e. The van der Waals surface area contributed by atoms with Gasteiger partial charge in [-0.05, 0) is 51.2 Å². The number of benzene rings is 1. The van der Waals surface area contributed by atoms with Gasteiger partial charge in [0.2, 0.25) is 0 Å². The Morgan fingerprint density at radius 1 is 1.22 bits per heavy atom. The van der Waals surface area contributed by atoms with Gasteiger partial charge >= 0.3 is 7.12 Å². The van der Waals surface area contributed by atoms with Crippen molar-refractivity contribution in [1.82, 2.24) is 0 Å². The molecule has 2 N–H and O–H groups in total. The van der Waals surface area contributed by atoms with Crippen molar-refractivity contribution in [2.45, 2.75) is 52.2 Å². The minimum absolute atomic E-state index is 0.269. The first-order valence-corrected chi connectivity index (χ1v) is 6.51. The van der Waals surface area contributed by atoms with Crippen molar-refractivity contribution in [2.24, 2.45) is 0 Å². The number of nitrogens with two attached hydrogens (primary N) is 1. The van der Waals surface area contributed by atoms with Crippen LogP contribution in [0.15, 0.2) is 18.2 Å². The molecule has 0 bridgehead atoms. The monoisotopic (exact) mass is 247 g/mol. The van der Waals surface area contributed by atoms with E-state index in [0.29, 0.717) is 0 Å². The first-order valence-electron chi connectivity index (χ1n) is 6.51. The molecule has 1 atom stereocenters. The van der Waals surface area contributed by atoms with E-state index < -0.39 is 0 Å². The summed E-state index contributed by atoms with van der Waals surface area (Å²) in [7, 11) is -0.326. The summed E-state index contributed by atoms with van der Waals surface area (Å²) in [6.07, 6.45) is 0.915. The lowest BCUT2D eigenvalue weighted by Crippen LogP contribution is -2.44. The van der Waals surface area contributed by atoms with Gasteiger partial charge in [-0.3, -0.25) is 0 Å². The highest BCUT2D eigenvalue weighted by Gasteiger charge is 2.53. The Balaban J connectivity index is 2.36. The normalized spacial score (nSPS) is 26.6. The average molecular weight is 247 g/mol. The highest BCUT2D eigenvalue weighted by atomic mass is 16.7. The average Bonchev–Trinajstić information content (AvgIpc) is 2.54. The summed E-state index contributed by atoms with van der Waals surface area (Å²) < 4.78 is 12.3. The van der Waals surface area contributed by atoms with Crippen LogP contribution in [0.2, 0.25) is 0 Å². The molecule has 1 unspecified atom stereocenters. The number of nitrogen functional groups attached to an aromatic ring is 1. The van der Waals surface area contributed by atoms with Gasteiger partial charge in [0, 0.05) is 5.69 Å². The zero-order chi connectivity index (χ0) is 13.6. The maximum absolute atomic E-state index is 6.16. The van der Waals surface area contributed by atoms with Crippen LogP contribution < -0.4 is 11.2 Å². The fourth-order valence-corrected chi connectivity index (χ4v) is 2.36. The maximum atomic E-state index is 6.16. The van der Waals surface area contributed by atoms with Gasteiger partial charge < -0.3 is 15.0 Å². The van der Waals surface area contributed by atoms with Crippen molar-refractivity contribution in [3.05, 3.63) is 23.8 Å². The first kappa shape index (κ1) is 13.4. The first-order chi connectivity index (χ1) is 8.31. The second-order valence-corrected chi connectivity index (χ2v) is 5.72. The number of anilines is 1. The van der Waals surface area contributed by atoms with Crippen molar-refractivity contribution >= 4 is 18.3 Å². The lowest BCUT2D eigenvalue weighted by Gasteiger charge is -2.35. The second-order valence-electron chi connectivity index (χ2n) is 5.72. The molecule has 2 rings (SSSR count). The van der Waals surface area contributed by atoms with E-state index in [-0.39, 0.29) is 18.3 Å². The third kappa shape index (κ3) is 1.93. The number of hydrogen-bond donors (Lipinski definition) is 1. The molecular formula is C14H22BNO2. The smallest absolute Gasteiger partial charge is 0.399 e. The van der Waals surface area contributed by atoms with Gasteiger partial charge in [0.1, 0.15) is 0 Å². The van der Waals surface area contributed by atoms with E-state index in [9.17, 15) is 0 Å². The molecule has 18 heavy (non-hydrogen) atoms. The third-order valence-corrected chi connectivity index (χ3v) is 4.39. The number of rotatable bonds is 2. The molecule has 1 aromatic rings. The van der Waals surface area contributed by atoms with Gasteiger partial charge in [0.05, 0.1) is 11.2 Å². The predicted molar refractivity (Wildman–Crippen MR) is 75.9 cm³/mol. The molecule has 1 aliphatic heterocycles. The van der Waals surface area contributed by atoms with Gasteiger partial charge in [-0.1, -0.05) is 19.1 Å². The zero-order valence-electron chi connectivity index (χ0n) is 11.9. The Morgan fingerprint density at radius 2 is 1.89 bits per heavy atom. The summed E-state index contributed by atoms with van der Waals surface area (Å²) in [6.45, 7) is 10.4. The third-order valence-electron chi connectivity index (χ3n) is 4.39. The Hall–Kier alpha value is -0.995. The van der Waals surface area contributed by atoms with Crippen LogP contribution in [0.1, 0.15) is 39.7 Å². The molecule has 3 nitrogen and oxygen atoms in total. The SMILES string of the molecule is CCC1(C)OB(c2cccc(N)c2C)OC1(C)C. The summed E-state index contributed by atoms with van der Waals surface area (Å²) in [5.41, 5.74) is 8.22. The Kier molecular flexibility index (Phi) is 3.20. The molecule has 0 aromatic heterocycles. The van der Waals surface area contributed by atoms with Crippen LogP contribution in [0.3, 0.4) is 0 Å². The van der Waals surface area contributed by atoms with Crippen LogP contribution in [0.5, 0.6) is 0 Å². The standard InChI is InChI=1S/C14H22BNO2/c1-6-14(5)13(3,4)17-15(18-14)11-8-7-9-12(16)10(11)2/h7-9H,6,16H2,1-5H3. The fourth-order valence-electron chi connectivity index (χ4n) is 2.36. The van der Waals surface area contributed by atoms with E-state index in [0.717, 1.165) is 23.1 Å². The lowest BCUT2D eigenvalue weighted by molar-refractivity contribution is -0.0118. The second kappa shape index (κ2) is 4.28. The molecule has 4 heteroatoms. The van der Waals surface area contributed by atoms with E-state index in [1.807, 2.05) is 25.1 Å². The lowest BCUT2D eigenvalue weighted by atomic mass is 9.76. The maximum Gasteiger partial charge on any atom is 0.495 e. The van der Waals surface area contributed by atoms with E-state index in [4.69, 9.17) is 15.0 Å². The van der Waals surface area contributed by atoms with Gasteiger partial charge in [0.25, 0.3) is 0 Å². The molecule has 0 aliphatic carbocycles. The molecule has 1 aromatic carbocycles. The predicted octanol–water partition coefficient (Wildman–Crippen LogP) is 2.27. The molecule has 0 saturated carbocycles. The van der Waals surface area contributed by atoms with E-state index >= 15 is 0 Å². The van der Waals surface area contributed by atoms with Crippen LogP contribution in [0.25, 0.3) is 0 Å². The summed E-state index contributed by atoms with van der Waals surface area (Å²) in [5, 5.41) is 0. The van der Waals surface area contributed by atoms with E-state index in [2.05, 4.69) is 27.7 Å². The van der Waals surface area contributed by atoms with Crippen LogP contribution >= 0.6 is 0 Å². The van der Waals surface area contributed by atoms with Crippen molar-refractivity contribution in [3.63, 3.8) is 0 Å². The number of hydrogen-bond acceptors (Lipinski definition) is 3. The fraction of sp³-hybridized carbons (Fsp3) is 0.571. The molecule has 0 radical (unpaired) electrons. The van der Waals surface area contributed by atoms with Crippen molar-refractivity contribution in [2.75, 3.05) is 5.73 Å². The summed E-state index contributed by atoms with van der Waals surface area (Å²) in [6, 6.07) is 5.87. The molecule has 1 fully saturated rings. The zero-order valence-corrected chi connectivity index (χ0v) is 11.9. The Bertz CT molecular complexity index is 461. The highest BCUT2D eigenvalue weighted by molar-refractivity contribution is 6.62. The molecule has 1 saturated heterocycles. The van der Waals surface area contributed by atoms with Crippen LogP contribution in [0.4, 0.5) is 5.69 Å². The van der Waals surface area contributed by atoms with Gasteiger partial charge in [-0.2, -0.15) is 0 Å². The van der Waals surface area contributed by atoms with Gasteiger partial charge in [-0.25, -0.2) is 0 Å². The van der Waals surface area contributed by atoms with Crippen LogP contribution in [-0.4, -0.2) is 18.3 Å². The molecule has 0 amide bonds. The minimum atomic E-state index is -0.326. The van der Waals surface area contributed by atoms with Gasteiger partial charge in [0.15, 0.2) is 0 Å². The minimum Gasteiger partial charge on any atom is -0.399 e. The van der Waals surface area contributed by atoms with Gasteiger partial charge in [-0.15, -0.1) is 0 Å². The van der Waals surface area contributed by atoms with E-state index in [1.54, 1.807) is 0 Å². The van der Waals surface area contributed by atoms with E-state index in [1.165, 1.54) is 0 Å². The molecule has 1 aliphatic rings. The molecule has 0 spiro atoms. The Labute approximate surface area is 110 Å². The topological polar surface area (TPSA) is 44.5 Å². The quantitative estimate of drug-likeness (QED) is 0.644. The molecule has 1 heterocycles. The summed E-state index contributed by atoms with van der Waals surface area (Å²) in [4.78, 5) is 0. The summed E-state index contributed by atoms with van der Waals surface area (Å²) in [5.74, 6) is 0. The van der Waals surface area contributed by atoms with Crippen LogP contribution in [-0.2, 0) is 9.31 Å². The van der Waals surface area contributed by atoms with Crippen LogP contribution in [0, 0.1) is 6.92 Å². The molecule has 98 valence electrons. The highest BCUT2D eigenvalue weighted by Crippen LogP contribution is 2.39. The summed E-state index contributed by atoms with van der Waals surface area (Å²) >= 11 is 0. The van der Waals surface area contributed by atoms with Crippen molar-refractivity contribution < 1.29 is 9.31 Å².